The van der Waals surface area contributed by atoms with Crippen LogP contribution >= 0.6 is 23.2 Å². The molecule has 1 fully saturated rings. The van der Waals surface area contributed by atoms with Crippen LogP contribution in [-0.2, 0) is 20.0 Å². The Kier molecular flexibility index (Phi) is 5.45. The fourth-order valence-corrected chi connectivity index (χ4v) is 4.90. The van der Waals surface area contributed by atoms with Crippen molar-refractivity contribution in [1.29, 1.82) is 5.26 Å². The molecule has 166 valence electrons. The molecule has 0 bridgehead atoms. The third-order valence-corrected chi connectivity index (χ3v) is 6.64. The molecule has 1 aliphatic carbocycles. The second-order valence-corrected chi connectivity index (χ2v) is 9.21. The number of aryl methyl sites for hydroxylation is 1. The van der Waals surface area contributed by atoms with Gasteiger partial charge in [0.15, 0.2) is 0 Å². The number of nitrogens with one attached hydrogen (secondary N) is 1. The minimum absolute atomic E-state index is 0.143. The molecule has 2 aromatic carbocycles. The normalized spacial score (nSPS) is 13.4. The molecule has 0 unspecified atom stereocenters. The van der Waals surface area contributed by atoms with Crippen LogP contribution in [0.15, 0.2) is 35.3 Å². The first kappa shape index (κ1) is 21.7. The van der Waals surface area contributed by atoms with Gasteiger partial charge >= 0.3 is 0 Å². The Labute approximate surface area is 199 Å². The third kappa shape index (κ3) is 3.80. The van der Waals surface area contributed by atoms with Gasteiger partial charge < -0.3 is 5.73 Å². The topological polar surface area (TPSA) is 113 Å². The fraction of sp³-hybridized carbons (Fsp3) is 0.250. The quantitative estimate of drug-likeness (QED) is 0.435. The molecule has 0 spiro atoms. The van der Waals surface area contributed by atoms with Crippen LogP contribution in [0.1, 0.15) is 29.7 Å². The molecule has 4 aromatic rings. The maximum absolute atomic E-state index is 12.3. The van der Waals surface area contributed by atoms with Gasteiger partial charge in [0.1, 0.15) is 6.07 Å². The first-order chi connectivity index (χ1) is 15.9. The lowest BCUT2D eigenvalue weighted by molar-refractivity contribution is 0.775. The van der Waals surface area contributed by atoms with Gasteiger partial charge in [-0.25, -0.2) is 5.10 Å². The summed E-state index contributed by atoms with van der Waals surface area (Å²) in [6, 6.07) is 9.64. The van der Waals surface area contributed by atoms with Crippen molar-refractivity contribution >= 4 is 34.0 Å². The molecule has 0 saturated heterocycles. The Morgan fingerprint density at radius 3 is 2.73 bits per heavy atom. The Balaban J connectivity index is 1.76. The lowest BCUT2D eigenvalue weighted by Gasteiger charge is -2.14. The average Bonchev–Trinajstić information content (AvgIpc) is 3.51. The molecule has 2 heterocycles. The highest BCUT2D eigenvalue weighted by molar-refractivity contribution is 6.36. The number of hydrogen-bond donors (Lipinski definition) is 2. The number of aromatic nitrogens is 4. The molecule has 0 atom stereocenters. The van der Waals surface area contributed by atoms with Crippen LogP contribution in [0.2, 0.25) is 10.0 Å². The molecule has 9 heteroatoms. The van der Waals surface area contributed by atoms with E-state index in [2.05, 4.69) is 21.4 Å². The minimum atomic E-state index is -0.378. The van der Waals surface area contributed by atoms with E-state index in [0.29, 0.717) is 33.0 Å². The van der Waals surface area contributed by atoms with Gasteiger partial charge in [0.05, 0.1) is 33.6 Å². The number of halogens is 2. The molecule has 0 amide bonds. The third-order valence-electron chi connectivity index (χ3n) is 6.12. The number of hydrogen-bond acceptors (Lipinski definition) is 5. The van der Waals surface area contributed by atoms with Gasteiger partial charge in [0.25, 0.3) is 5.56 Å². The number of fused-ring (bicyclic) bond motifs is 1. The smallest absolute Gasteiger partial charge is 0.273 e. The number of nitrogens with two attached hydrogens (primary N) is 1. The highest BCUT2D eigenvalue weighted by atomic mass is 35.5. The number of H-pyrrole nitrogens is 1. The predicted octanol–water partition coefficient (Wildman–Crippen LogP) is 4.58. The zero-order valence-electron chi connectivity index (χ0n) is 17.8. The molecule has 0 radical (unpaired) electrons. The summed E-state index contributed by atoms with van der Waals surface area (Å²) < 4.78 is 1.72. The largest absolute Gasteiger partial charge is 0.325 e. The molecule has 5 rings (SSSR count). The Morgan fingerprint density at radius 2 is 2.03 bits per heavy atom. The number of benzene rings is 2. The van der Waals surface area contributed by atoms with Crippen molar-refractivity contribution in [3.8, 4) is 28.5 Å². The Hall–Kier alpha value is -3.18. The SMILES string of the molecule is Cn1ncc(-c2cc(Cl)c3c(=O)[nH]nc(CN)c3c2)c1-c1cc(Cl)cc(CC2CC2)c1C#N. The van der Waals surface area contributed by atoms with Gasteiger partial charge in [0.2, 0.25) is 0 Å². The van der Waals surface area contributed by atoms with Crippen LogP contribution in [-0.4, -0.2) is 20.0 Å². The second-order valence-electron chi connectivity index (χ2n) is 8.36. The summed E-state index contributed by atoms with van der Waals surface area (Å²) in [6.45, 7) is 0.143. The fourth-order valence-electron chi connectivity index (χ4n) is 4.35. The number of aromatic amines is 1. The average molecular weight is 479 g/mol. The van der Waals surface area contributed by atoms with Gasteiger partial charge in [0, 0.05) is 35.1 Å². The standard InChI is InChI=1S/C24H20Cl2N6O/c1-32-23(16-8-15(25)5-13(18(16)9-27)4-12-2-3-12)19(11-29-32)14-6-17-21(10-28)30-31-24(33)22(17)20(26)7-14/h5-8,11-12H,2-4,10,28H2,1H3,(H,31,33). The van der Waals surface area contributed by atoms with E-state index in [1.54, 1.807) is 23.0 Å². The molecule has 1 saturated carbocycles. The zero-order chi connectivity index (χ0) is 23.3. The van der Waals surface area contributed by atoms with Crippen molar-refractivity contribution in [1.82, 2.24) is 20.0 Å². The summed E-state index contributed by atoms with van der Waals surface area (Å²) >= 11 is 13.0. The van der Waals surface area contributed by atoms with Gasteiger partial charge in [-0.3, -0.25) is 9.48 Å². The van der Waals surface area contributed by atoms with Crippen LogP contribution in [0.4, 0.5) is 0 Å². The summed E-state index contributed by atoms with van der Waals surface area (Å²) in [5.74, 6) is 0.606. The lowest BCUT2D eigenvalue weighted by Crippen LogP contribution is -2.13. The van der Waals surface area contributed by atoms with Crippen LogP contribution in [0, 0.1) is 17.2 Å². The highest BCUT2D eigenvalue weighted by Crippen LogP contribution is 2.41. The molecule has 7 nitrogen and oxygen atoms in total. The first-order valence-electron chi connectivity index (χ1n) is 10.6. The van der Waals surface area contributed by atoms with Gasteiger partial charge in [-0.2, -0.15) is 15.5 Å². The van der Waals surface area contributed by atoms with E-state index in [1.165, 1.54) is 12.8 Å². The molecular formula is C24H20Cl2N6O. The van der Waals surface area contributed by atoms with Gasteiger partial charge in [-0.15, -0.1) is 0 Å². The van der Waals surface area contributed by atoms with Crippen molar-refractivity contribution < 1.29 is 0 Å². The molecule has 0 aliphatic heterocycles. The van der Waals surface area contributed by atoms with Crippen molar-refractivity contribution in [3.63, 3.8) is 0 Å². The summed E-state index contributed by atoms with van der Waals surface area (Å²) in [7, 11) is 1.82. The van der Waals surface area contributed by atoms with Crippen LogP contribution in [0.5, 0.6) is 0 Å². The second kappa shape index (κ2) is 8.31. The maximum atomic E-state index is 12.3. The maximum Gasteiger partial charge on any atom is 0.273 e. The molecular weight excluding hydrogens is 459 g/mol. The van der Waals surface area contributed by atoms with E-state index < -0.39 is 0 Å². The van der Waals surface area contributed by atoms with Crippen molar-refractivity contribution in [2.75, 3.05) is 0 Å². The van der Waals surface area contributed by atoms with Crippen molar-refractivity contribution in [2.24, 2.45) is 18.7 Å². The van der Waals surface area contributed by atoms with E-state index in [1.807, 2.05) is 19.2 Å². The zero-order valence-corrected chi connectivity index (χ0v) is 19.3. The molecule has 33 heavy (non-hydrogen) atoms. The molecule has 2 aromatic heterocycles. The number of nitriles is 1. The van der Waals surface area contributed by atoms with Gasteiger partial charge in [-0.1, -0.05) is 23.2 Å². The lowest BCUT2D eigenvalue weighted by atomic mass is 9.92. The van der Waals surface area contributed by atoms with Crippen LogP contribution in [0.3, 0.4) is 0 Å². The molecule has 1 aliphatic rings. The summed E-state index contributed by atoms with van der Waals surface area (Å²) in [5.41, 5.74) is 10.5. The molecule has 3 N–H and O–H groups in total. The van der Waals surface area contributed by atoms with Crippen LogP contribution in [0.25, 0.3) is 33.2 Å². The number of rotatable bonds is 5. The van der Waals surface area contributed by atoms with E-state index in [9.17, 15) is 10.1 Å². The van der Waals surface area contributed by atoms with Crippen molar-refractivity contribution in [2.45, 2.75) is 25.8 Å². The summed E-state index contributed by atoms with van der Waals surface area (Å²) in [5, 5.41) is 22.8. The van der Waals surface area contributed by atoms with Crippen LogP contribution < -0.4 is 11.3 Å². The van der Waals surface area contributed by atoms with E-state index in [4.69, 9.17) is 28.9 Å². The predicted molar refractivity (Wildman–Crippen MR) is 129 cm³/mol. The highest BCUT2D eigenvalue weighted by Gasteiger charge is 2.26. The summed E-state index contributed by atoms with van der Waals surface area (Å²) in [4.78, 5) is 12.3. The monoisotopic (exact) mass is 478 g/mol. The summed E-state index contributed by atoms with van der Waals surface area (Å²) in [6.07, 6.45) is 4.91. The first-order valence-corrected chi connectivity index (χ1v) is 11.3. The van der Waals surface area contributed by atoms with E-state index in [-0.39, 0.29) is 17.1 Å². The Morgan fingerprint density at radius 1 is 1.24 bits per heavy atom. The number of nitrogens with zero attached hydrogens (tertiary/aromatic N) is 4. The van der Waals surface area contributed by atoms with E-state index >= 15 is 0 Å². The minimum Gasteiger partial charge on any atom is -0.325 e. The van der Waals surface area contributed by atoms with E-state index in [0.717, 1.165) is 34.4 Å². The Bertz CT molecular complexity index is 1510. The van der Waals surface area contributed by atoms with Crippen molar-refractivity contribution in [3.05, 3.63) is 67.7 Å². The van der Waals surface area contributed by atoms with Gasteiger partial charge in [-0.05, 0) is 60.6 Å².